The highest BCUT2D eigenvalue weighted by Gasteiger charge is 2.57. The number of carbonyl (C=O) groups excluding carboxylic acids is 1. The Hall–Kier alpha value is -1.29. The van der Waals surface area contributed by atoms with E-state index in [-0.39, 0.29) is 0 Å². The van der Waals surface area contributed by atoms with Crippen molar-refractivity contribution < 1.29 is 49.4 Å². The minimum absolute atomic E-state index is 0.750. The van der Waals surface area contributed by atoms with Crippen molar-refractivity contribution in [2.75, 3.05) is 13.2 Å². The second kappa shape index (κ2) is 6.86. The van der Waals surface area contributed by atoms with E-state index >= 15 is 0 Å². The molecule has 0 aliphatic rings. The number of ether oxygens (including phenoxy) is 2. The Labute approximate surface area is 120 Å². The molecule has 0 atom stereocenters. The number of carbonyl (C=O) groups is 1. The van der Waals surface area contributed by atoms with Gasteiger partial charge >= 0.3 is 29.8 Å². The molecule has 0 rings (SSSR count). The highest BCUT2D eigenvalue weighted by atomic mass is 19.3. The summed E-state index contributed by atoms with van der Waals surface area (Å²) in [6.07, 6.45) is -4.71. The molecule has 0 spiro atoms. The summed E-state index contributed by atoms with van der Waals surface area (Å²) in [5.41, 5.74) is 0. The van der Waals surface area contributed by atoms with Crippen LogP contribution in [0.2, 0.25) is 0 Å². The number of hydrogen-bond acceptors (Lipinski definition) is 3. The predicted octanol–water partition coefficient (Wildman–Crippen LogP) is 4.50. The fourth-order valence-electron chi connectivity index (χ4n) is 1.07. The van der Waals surface area contributed by atoms with Gasteiger partial charge in [-0.2, -0.15) is 35.1 Å². The molecule has 0 heterocycles. The van der Waals surface area contributed by atoms with Crippen molar-refractivity contribution in [3.8, 4) is 0 Å². The maximum Gasteiger partial charge on any atom is 0.508 e. The fraction of sp³-hybridized carbons (Fsp3) is 0.909. The molecule has 3 nitrogen and oxygen atoms in total. The minimum atomic E-state index is -4.75. The molecule has 132 valence electrons. The number of hydrogen-bond donors (Lipinski definition) is 0. The highest BCUT2D eigenvalue weighted by Crippen LogP contribution is 2.38. The first-order chi connectivity index (χ1) is 9.72. The van der Waals surface area contributed by atoms with Crippen LogP contribution in [0, 0.1) is 0 Å². The van der Waals surface area contributed by atoms with E-state index in [1.807, 2.05) is 0 Å². The summed E-state index contributed by atoms with van der Waals surface area (Å²) >= 11 is 0. The van der Waals surface area contributed by atoms with Crippen molar-refractivity contribution in [2.24, 2.45) is 0 Å². The van der Waals surface area contributed by atoms with E-state index in [1.165, 1.54) is 0 Å². The van der Waals surface area contributed by atoms with Crippen molar-refractivity contribution in [1.82, 2.24) is 0 Å². The van der Waals surface area contributed by atoms with Gasteiger partial charge in [0.15, 0.2) is 13.2 Å². The normalized spacial score (nSPS) is 13.9. The van der Waals surface area contributed by atoms with Gasteiger partial charge in [-0.1, -0.05) is 13.8 Å². The van der Waals surface area contributed by atoms with E-state index in [2.05, 4.69) is 9.47 Å². The lowest BCUT2D eigenvalue weighted by atomic mass is 10.1. The Morgan fingerprint density at radius 3 is 1.18 bits per heavy atom. The summed E-state index contributed by atoms with van der Waals surface area (Å²) in [5, 5.41) is 0. The summed E-state index contributed by atoms with van der Waals surface area (Å²) < 4.78 is 110. The summed E-state index contributed by atoms with van der Waals surface area (Å²) in [5.74, 6) is -18.5. The molecular formula is C11H14F8O3. The van der Waals surface area contributed by atoms with Gasteiger partial charge in [0.2, 0.25) is 0 Å². The van der Waals surface area contributed by atoms with E-state index in [9.17, 15) is 39.9 Å². The van der Waals surface area contributed by atoms with Gasteiger partial charge in [0.25, 0.3) is 0 Å². The van der Waals surface area contributed by atoms with Crippen LogP contribution in [0.4, 0.5) is 39.9 Å². The molecule has 0 unspecified atom stereocenters. The van der Waals surface area contributed by atoms with Gasteiger partial charge in [-0.15, -0.1) is 0 Å². The molecule has 0 saturated carbocycles. The lowest BCUT2D eigenvalue weighted by molar-refractivity contribution is -0.237. The van der Waals surface area contributed by atoms with Gasteiger partial charge in [-0.3, -0.25) is 0 Å². The third-order valence-electron chi connectivity index (χ3n) is 2.70. The summed E-state index contributed by atoms with van der Waals surface area (Å²) in [4.78, 5) is 10.8. The standard InChI is InChI=1S/C11H14F8O3/c1-3-8(12,13)10(16,17)5-21-7(20)22-6-11(18,19)9(14,15)4-2/h3-6H2,1-2H3. The highest BCUT2D eigenvalue weighted by molar-refractivity contribution is 5.60. The van der Waals surface area contributed by atoms with Crippen molar-refractivity contribution in [2.45, 2.75) is 50.4 Å². The number of halogens is 8. The van der Waals surface area contributed by atoms with Gasteiger partial charge in [0, 0.05) is 12.8 Å². The van der Waals surface area contributed by atoms with E-state index in [0.29, 0.717) is 0 Å². The van der Waals surface area contributed by atoms with Crippen molar-refractivity contribution in [3.05, 3.63) is 0 Å². The van der Waals surface area contributed by atoms with E-state index in [0.717, 1.165) is 13.8 Å². The fourth-order valence-corrected chi connectivity index (χ4v) is 1.07. The molecule has 0 N–H and O–H groups in total. The second-order valence-corrected chi connectivity index (χ2v) is 4.35. The molecular weight excluding hydrogens is 332 g/mol. The maximum atomic E-state index is 12.9. The molecule has 0 aromatic carbocycles. The van der Waals surface area contributed by atoms with Crippen LogP contribution in [-0.4, -0.2) is 43.1 Å². The Balaban J connectivity index is 4.50. The minimum Gasteiger partial charge on any atom is -0.428 e. The zero-order valence-corrected chi connectivity index (χ0v) is 11.6. The van der Waals surface area contributed by atoms with Gasteiger partial charge in [-0.25, -0.2) is 4.79 Å². The average Bonchev–Trinajstić information content (AvgIpc) is 2.42. The Morgan fingerprint density at radius 2 is 0.955 bits per heavy atom. The molecule has 0 aromatic heterocycles. The van der Waals surface area contributed by atoms with Crippen LogP contribution in [0.1, 0.15) is 26.7 Å². The molecule has 0 saturated heterocycles. The molecule has 0 amide bonds. The monoisotopic (exact) mass is 346 g/mol. The van der Waals surface area contributed by atoms with Crippen LogP contribution in [0.3, 0.4) is 0 Å². The molecule has 22 heavy (non-hydrogen) atoms. The van der Waals surface area contributed by atoms with E-state index in [4.69, 9.17) is 0 Å². The largest absolute Gasteiger partial charge is 0.508 e. The molecule has 0 aromatic rings. The topological polar surface area (TPSA) is 35.5 Å². The summed E-state index contributed by atoms with van der Waals surface area (Å²) in [7, 11) is 0. The second-order valence-electron chi connectivity index (χ2n) is 4.35. The van der Waals surface area contributed by atoms with Crippen molar-refractivity contribution in [3.63, 3.8) is 0 Å². The van der Waals surface area contributed by atoms with Crippen LogP contribution in [0.25, 0.3) is 0 Å². The van der Waals surface area contributed by atoms with Crippen molar-refractivity contribution in [1.29, 1.82) is 0 Å². The zero-order chi connectivity index (χ0) is 17.8. The molecule has 0 bridgehead atoms. The molecule has 0 aliphatic carbocycles. The van der Waals surface area contributed by atoms with Crippen LogP contribution in [0.5, 0.6) is 0 Å². The van der Waals surface area contributed by atoms with Crippen LogP contribution >= 0.6 is 0 Å². The van der Waals surface area contributed by atoms with Crippen LogP contribution < -0.4 is 0 Å². The van der Waals surface area contributed by atoms with E-state index < -0.39 is 55.9 Å². The first kappa shape index (κ1) is 20.7. The third kappa shape index (κ3) is 4.87. The molecule has 11 heteroatoms. The summed E-state index contributed by atoms with van der Waals surface area (Å²) in [6.45, 7) is -2.77. The number of rotatable bonds is 8. The van der Waals surface area contributed by atoms with Crippen molar-refractivity contribution >= 4 is 6.16 Å². The van der Waals surface area contributed by atoms with Gasteiger partial charge in [-0.05, 0) is 0 Å². The quantitative estimate of drug-likeness (QED) is 0.479. The summed E-state index contributed by atoms with van der Waals surface area (Å²) in [6, 6.07) is 0. The SMILES string of the molecule is CCC(F)(F)C(F)(F)COC(=O)OCC(F)(F)C(F)(F)CC. The Morgan fingerprint density at radius 1 is 0.682 bits per heavy atom. The van der Waals surface area contributed by atoms with E-state index in [1.54, 1.807) is 0 Å². The number of alkyl halides is 8. The smallest absolute Gasteiger partial charge is 0.428 e. The van der Waals surface area contributed by atoms with Gasteiger partial charge in [0.1, 0.15) is 0 Å². The molecule has 0 radical (unpaired) electrons. The lowest BCUT2D eigenvalue weighted by Gasteiger charge is -2.26. The molecule has 0 fully saturated rings. The maximum absolute atomic E-state index is 12.9. The van der Waals surface area contributed by atoms with Gasteiger partial charge < -0.3 is 9.47 Å². The lowest BCUT2D eigenvalue weighted by Crippen LogP contribution is -2.46. The zero-order valence-electron chi connectivity index (χ0n) is 11.6. The van der Waals surface area contributed by atoms with Gasteiger partial charge in [0.05, 0.1) is 0 Å². The first-order valence-electron chi connectivity index (χ1n) is 6.03. The predicted molar refractivity (Wildman–Crippen MR) is 57.7 cm³/mol. The third-order valence-corrected chi connectivity index (χ3v) is 2.70. The van der Waals surface area contributed by atoms with Crippen LogP contribution in [-0.2, 0) is 9.47 Å². The Bertz CT molecular complexity index is 350. The molecule has 0 aliphatic heterocycles. The Kier molecular flexibility index (Phi) is 6.46. The van der Waals surface area contributed by atoms with Crippen LogP contribution in [0.15, 0.2) is 0 Å². The first-order valence-corrected chi connectivity index (χ1v) is 6.03. The average molecular weight is 346 g/mol.